The zero-order chi connectivity index (χ0) is 62.4. The molecule has 6 heterocycles. The molecule has 0 unspecified atom stereocenters. The smallest absolute Gasteiger partial charge is 0.256 e. The molecule has 444 valence electrons. The van der Waals surface area contributed by atoms with Crippen molar-refractivity contribution in [2.45, 2.75) is 0 Å². The number of rotatable bonds is 9. The Hall–Kier alpha value is -11.7. The Balaban J connectivity index is 0.845. The number of hydrogen-bond donors (Lipinski definition) is 0. The minimum Gasteiger partial charge on any atom is -0.458 e. The van der Waals surface area contributed by atoms with Crippen LogP contribution in [0.15, 0.2) is 291 Å². The van der Waals surface area contributed by atoms with Crippen molar-refractivity contribution in [3.05, 3.63) is 291 Å². The van der Waals surface area contributed by atoms with E-state index in [1.807, 2.05) is 0 Å². The van der Waals surface area contributed by atoms with Gasteiger partial charge in [0.15, 0.2) is 0 Å². The van der Waals surface area contributed by atoms with Crippen molar-refractivity contribution in [3.63, 3.8) is 0 Å². The molecule has 6 aliphatic rings. The SMILES string of the molecule is CN1c2cc3c(cc2B2c4ccccc4Oc4cc(N(c5ccccc5)c5ccccc5)cc1c42)B1c2cc4c(cc2N(C)c2cc(N(c5ccccc5)c5ccccc5)cc(c21)N3C)N(C)c1cc(N(c2ccccc2)c2ccccc2)cc2c1B4c1ccccc1O2. The van der Waals surface area contributed by atoms with Crippen LogP contribution >= 0.6 is 0 Å². The molecule has 13 aromatic rings. The van der Waals surface area contributed by atoms with E-state index in [1.165, 1.54) is 38.2 Å². The molecule has 0 N–H and O–H groups in total. The van der Waals surface area contributed by atoms with Gasteiger partial charge in [-0.1, -0.05) is 158 Å². The normalized spacial score (nSPS) is 13.6. The first-order valence-electron chi connectivity index (χ1n) is 32.4. The summed E-state index contributed by atoms with van der Waals surface area (Å²) in [6.45, 7) is -0.415. The lowest BCUT2D eigenvalue weighted by Crippen LogP contribution is -2.66. The first-order valence-corrected chi connectivity index (χ1v) is 32.4. The molecule has 9 nitrogen and oxygen atoms in total. The number of nitrogens with zero attached hydrogens (tertiary/aromatic N) is 7. The summed E-state index contributed by atoms with van der Waals surface area (Å²) in [6.07, 6.45) is 0. The molecule has 19 rings (SSSR count). The van der Waals surface area contributed by atoms with Crippen molar-refractivity contribution in [2.75, 3.05) is 62.5 Å². The summed E-state index contributed by atoms with van der Waals surface area (Å²) in [6, 6.07) is 106. The summed E-state index contributed by atoms with van der Waals surface area (Å²) in [5.41, 5.74) is 29.7. The van der Waals surface area contributed by atoms with Crippen molar-refractivity contribution in [2.24, 2.45) is 0 Å². The van der Waals surface area contributed by atoms with E-state index in [0.29, 0.717) is 0 Å². The minimum atomic E-state index is -0.170. The summed E-state index contributed by atoms with van der Waals surface area (Å²) in [5.74, 6) is 3.47. The van der Waals surface area contributed by atoms with Crippen LogP contribution < -0.4 is 92.9 Å². The topological polar surface area (TPSA) is 41.1 Å². The molecule has 6 aliphatic heterocycles. The Morgan fingerprint density at radius 3 is 0.755 bits per heavy atom. The van der Waals surface area contributed by atoms with Crippen LogP contribution in [0.5, 0.6) is 23.0 Å². The molecule has 0 spiro atoms. The molecule has 0 saturated carbocycles. The Bertz CT molecular complexity index is 4830. The Labute approximate surface area is 549 Å². The molecule has 0 aliphatic carbocycles. The van der Waals surface area contributed by atoms with Crippen LogP contribution in [0.2, 0.25) is 0 Å². The Morgan fingerprint density at radius 1 is 0.213 bits per heavy atom. The van der Waals surface area contributed by atoms with Crippen LogP contribution in [0.4, 0.5) is 96.7 Å². The van der Waals surface area contributed by atoms with Gasteiger partial charge in [0.1, 0.15) is 23.0 Å². The van der Waals surface area contributed by atoms with Crippen LogP contribution in [0, 0.1) is 0 Å². The Morgan fingerprint density at radius 2 is 0.457 bits per heavy atom. The first-order chi connectivity index (χ1) is 46.3. The highest BCUT2D eigenvalue weighted by atomic mass is 16.5. The standard InChI is InChI=1S/C82H60B3N7O2/c1-86-70-51-68-64(83-62-39-23-25-41-76(62)93-78-47-60(45-74(81(78)83)88(68)3)91(55-31-15-7-16-32-55)56-33-17-8-18-34-56)49-66(70)85-67-50-65-69(52-71(67)87(2)73-44-59(43-72(86)80(73)85)90(53-27-11-5-12-28-53)54-29-13-6-14-30-54)89(4)75-46-61(48-79-82(75)84(65)63-40-24-26-42-77(63)94-79)92(57-35-19-9-20-36-57)58-37-21-10-22-38-58/h5-52H,1-4H3. The molecule has 0 radical (unpaired) electrons. The molecule has 0 bridgehead atoms. The van der Waals surface area contributed by atoms with Crippen LogP contribution in [-0.4, -0.2) is 48.3 Å². The Kier molecular flexibility index (Phi) is 12.0. The lowest BCUT2D eigenvalue weighted by atomic mass is 9.29. The molecule has 0 saturated heterocycles. The average Bonchev–Trinajstić information content (AvgIpc) is 0.690. The van der Waals surface area contributed by atoms with Gasteiger partial charge in [0.25, 0.3) is 20.1 Å². The number of para-hydroxylation sites is 8. The van der Waals surface area contributed by atoms with Crippen molar-refractivity contribution >= 4 is 166 Å². The zero-order valence-corrected chi connectivity index (χ0v) is 52.4. The van der Waals surface area contributed by atoms with Gasteiger partial charge in [0.2, 0.25) is 0 Å². The van der Waals surface area contributed by atoms with Gasteiger partial charge >= 0.3 is 0 Å². The second-order valence-corrected chi connectivity index (χ2v) is 25.4. The highest BCUT2D eigenvalue weighted by molar-refractivity contribution is 7.04. The predicted octanol–water partition coefficient (Wildman–Crippen LogP) is 14.2. The summed E-state index contributed by atoms with van der Waals surface area (Å²) in [5, 5.41) is 0. The third-order valence-corrected chi connectivity index (χ3v) is 20.4. The van der Waals surface area contributed by atoms with Gasteiger partial charge < -0.3 is 43.8 Å². The van der Waals surface area contributed by atoms with Crippen LogP contribution in [0.1, 0.15) is 0 Å². The van der Waals surface area contributed by atoms with E-state index in [1.54, 1.807) is 0 Å². The molecule has 12 heteroatoms. The van der Waals surface area contributed by atoms with E-state index in [0.717, 1.165) is 131 Å². The van der Waals surface area contributed by atoms with Gasteiger partial charge in [-0.3, -0.25) is 0 Å². The molecular weight excluding hydrogens is 1150 g/mol. The van der Waals surface area contributed by atoms with Gasteiger partial charge in [-0.25, -0.2) is 0 Å². The molecule has 0 fully saturated rings. The van der Waals surface area contributed by atoms with Gasteiger partial charge in [0, 0.05) is 120 Å². The lowest BCUT2D eigenvalue weighted by molar-refractivity contribution is 0.487. The summed E-state index contributed by atoms with van der Waals surface area (Å²) in [4.78, 5) is 16.9. The van der Waals surface area contributed by atoms with Gasteiger partial charge in [-0.15, -0.1) is 0 Å². The second-order valence-electron chi connectivity index (χ2n) is 25.4. The predicted molar refractivity (Wildman–Crippen MR) is 396 cm³/mol. The third-order valence-electron chi connectivity index (χ3n) is 20.4. The molecular formula is C82H60B3N7O2. The van der Waals surface area contributed by atoms with Crippen molar-refractivity contribution in [3.8, 4) is 23.0 Å². The number of fused-ring (bicyclic) bond motifs is 12. The van der Waals surface area contributed by atoms with E-state index in [9.17, 15) is 0 Å². The lowest BCUT2D eigenvalue weighted by Gasteiger charge is -2.46. The quantitative estimate of drug-likeness (QED) is 0.131. The van der Waals surface area contributed by atoms with E-state index >= 15 is 0 Å². The van der Waals surface area contributed by atoms with Gasteiger partial charge in [-0.2, -0.15) is 0 Å². The molecule has 0 atom stereocenters. The fraction of sp³-hybridized carbons (Fsp3) is 0.0488. The number of hydrogen-bond acceptors (Lipinski definition) is 9. The molecule has 13 aromatic carbocycles. The number of anilines is 17. The zero-order valence-electron chi connectivity index (χ0n) is 52.4. The van der Waals surface area contributed by atoms with Crippen LogP contribution in [-0.2, 0) is 0 Å². The maximum absolute atomic E-state index is 7.16. The van der Waals surface area contributed by atoms with Crippen molar-refractivity contribution in [1.82, 2.24) is 0 Å². The summed E-state index contributed by atoms with van der Waals surface area (Å²) < 4.78 is 14.3. The largest absolute Gasteiger partial charge is 0.458 e. The van der Waals surface area contributed by atoms with E-state index in [2.05, 4.69) is 354 Å². The van der Waals surface area contributed by atoms with E-state index < -0.39 is 0 Å². The van der Waals surface area contributed by atoms with Gasteiger partial charge in [-0.05, 0) is 170 Å². The second kappa shape index (κ2) is 20.9. The number of ether oxygens (including phenoxy) is 2. The first kappa shape index (κ1) is 54.0. The van der Waals surface area contributed by atoms with Crippen molar-refractivity contribution in [1.29, 1.82) is 0 Å². The summed E-state index contributed by atoms with van der Waals surface area (Å²) in [7, 11) is 9.06. The van der Waals surface area contributed by atoms with Crippen LogP contribution in [0.25, 0.3) is 0 Å². The minimum absolute atomic E-state index is 0.123. The maximum atomic E-state index is 7.16. The summed E-state index contributed by atoms with van der Waals surface area (Å²) >= 11 is 0. The molecule has 94 heavy (non-hydrogen) atoms. The van der Waals surface area contributed by atoms with Crippen molar-refractivity contribution < 1.29 is 9.47 Å². The fourth-order valence-corrected chi connectivity index (χ4v) is 16.3. The highest BCUT2D eigenvalue weighted by Gasteiger charge is 2.49. The maximum Gasteiger partial charge on any atom is 0.256 e. The van der Waals surface area contributed by atoms with E-state index in [-0.39, 0.29) is 20.1 Å². The van der Waals surface area contributed by atoms with Gasteiger partial charge in [0.05, 0.1) is 17.1 Å². The molecule has 0 amide bonds. The monoisotopic (exact) mass is 1210 g/mol. The van der Waals surface area contributed by atoms with E-state index in [4.69, 9.17) is 9.47 Å². The highest BCUT2D eigenvalue weighted by Crippen LogP contribution is 2.49. The average molecular weight is 1210 g/mol. The van der Waals surface area contributed by atoms with Crippen LogP contribution in [0.3, 0.4) is 0 Å². The fourth-order valence-electron chi connectivity index (χ4n) is 16.3. The molecule has 0 aromatic heterocycles. The third kappa shape index (κ3) is 8.05. The number of benzene rings is 13.